The third kappa shape index (κ3) is 4.89. The summed E-state index contributed by atoms with van der Waals surface area (Å²) in [7, 11) is 1.52. The standard InChI is InChI=1S/C20H15BrN2O6S/c1-28-14-5-2-11(3-6-14)19(26)29-15-7-4-13(21)8-12(15)9-16-18(25)23(10-17(22)24)20(27)30-16/h2-9H,10H2,1H3,(H2,22,24)/b16-9-. The molecule has 0 atom stereocenters. The lowest BCUT2D eigenvalue weighted by Crippen LogP contribution is -2.36. The minimum Gasteiger partial charge on any atom is -0.497 e. The average Bonchev–Trinajstić information content (AvgIpc) is 2.97. The number of nitrogens with zero attached hydrogens (tertiary/aromatic N) is 1. The molecule has 2 aromatic carbocycles. The first-order chi connectivity index (χ1) is 14.3. The Balaban J connectivity index is 1.87. The number of benzene rings is 2. The Hall–Kier alpha value is -3.11. The van der Waals surface area contributed by atoms with E-state index >= 15 is 0 Å². The minimum absolute atomic E-state index is 0.0843. The molecule has 0 bridgehead atoms. The summed E-state index contributed by atoms with van der Waals surface area (Å²) in [6, 6.07) is 11.3. The van der Waals surface area contributed by atoms with Crippen LogP contribution < -0.4 is 15.2 Å². The maximum Gasteiger partial charge on any atom is 0.343 e. The van der Waals surface area contributed by atoms with E-state index in [1.165, 1.54) is 13.2 Å². The Bertz CT molecular complexity index is 1070. The minimum atomic E-state index is -0.796. The van der Waals surface area contributed by atoms with Crippen LogP contribution in [0.5, 0.6) is 11.5 Å². The van der Waals surface area contributed by atoms with E-state index in [-0.39, 0.29) is 10.7 Å². The molecular formula is C20H15BrN2O6S. The smallest absolute Gasteiger partial charge is 0.343 e. The Morgan fingerprint density at radius 1 is 1.17 bits per heavy atom. The highest BCUT2D eigenvalue weighted by atomic mass is 79.9. The monoisotopic (exact) mass is 490 g/mol. The molecule has 154 valence electrons. The summed E-state index contributed by atoms with van der Waals surface area (Å²) in [6.07, 6.45) is 1.42. The van der Waals surface area contributed by atoms with E-state index in [0.717, 1.165) is 4.90 Å². The maximum atomic E-state index is 12.5. The van der Waals surface area contributed by atoms with Crippen LogP contribution >= 0.6 is 27.7 Å². The van der Waals surface area contributed by atoms with Crippen LogP contribution in [0.4, 0.5) is 4.79 Å². The second-order valence-electron chi connectivity index (χ2n) is 6.03. The molecule has 1 heterocycles. The largest absolute Gasteiger partial charge is 0.497 e. The van der Waals surface area contributed by atoms with Gasteiger partial charge in [-0.15, -0.1) is 0 Å². The van der Waals surface area contributed by atoms with Crippen LogP contribution in [0.15, 0.2) is 51.8 Å². The highest BCUT2D eigenvalue weighted by Crippen LogP contribution is 2.35. The zero-order valence-electron chi connectivity index (χ0n) is 15.6. The third-order valence-electron chi connectivity index (χ3n) is 3.97. The number of ether oxygens (including phenoxy) is 2. The lowest BCUT2D eigenvalue weighted by atomic mass is 10.1. The zero-order chi connectivity index (χ0) is 21.8. The molecule has 30 heavy (non-hydrogen) atoms. The number of nitrogens with two attached hydrogens (primary N) is 1. The molecule has 1 fully saturated rings. The van der Waals surface area contributed by atoms with E-state index in [4.69, 9.17) is 15.2 Å². The number of esters is 1. The van der Waals surface area contributed by atoms with Gasteiger partial charge in [0.25, 0.3) is 11.1 Å². The van der Waals surface area contributed by atoms with Crippen molar-refractivity contribution in [3.05, 3.63) is 63.0 Å². The second-order valence-corrected chi connectivity index (χ2v) is 7.94. The van der Waals surface area contributed by atoms with Gasteiger partial charge >= 0.3 is 5.97 Å². The summed E-state index contributed by atoms with van der Waals surface area (Å²) in [5, 5.41) is -0.600. The molecule has 0 radical (unpaired) electrons. The molecule has 0 saturated carbocycles. The fourth-order valence-corrected chi connectivity index (χ4v) is 3.75. The van der Waals surface area contributed by atoms with Crippen LogP contribution in [0.1, 0.15) is 15.9 Å². The van der Waals surface area contributed by atoms with Gasteiger partial charge in [-0.2, -0.15) is 0 Å². The van der Waals surface area contributed by atoms with Crippen LogP contribution in [0.3, 0.4) is 0 Å². The molecule has 8 nitrogen and oxygen atoms in total. The van der Waals surface area contributed by atoms with Crippen molar-refractivity contribution in [2.75, 3.05) is 13.7 Å². The molecule has 0 aromatic heterocycles. The highest BCUT2D eigenvalue weighted by molar-refractivity contribution is 9.10. The number of rotatable bonds is 6. The molecule has 1 saturated heterocycles. The van der Waals surface area contributed by atoms with Gasteiger partial charge in [-0.3, -0.25) is 19.3 Å². The highest BCUT2D eigenvalue weighted by Gasteiger charge is 2.36. The molecular weight excluding hydrogens is 476 g/mol. The molecule has 1 aliphatic heterocycles. The normalized spacial score (nSPS) is 14.9. The van der Waals surface area contributed by atoms with E-state index in [1.807, 2.05) is 0 Å². The molecule has 2 N–H and O–H groups in total. The summed E-state index contributed by atoms with van der Waals surface area (Å²) < 4.78 is 11.2. The van der Waals surface area contributed by atoms with Gasteiger partial charge in [0.1, 0.15) is 18.0 Å². The Morgan fingerprint density at radius 2 is 1.87 bits per heavy atom. The van der Waals surface area contributed by atoms with Crippen molar-refractivity contribution < 1.29 is 28.7 Å². The average molecular weight is 491 g/mol. The summed E-state index contributed by atoms with van der Waals surface area (Å²) in [5.41, 5.74) is 5.79. The summed E-state index contributed by atoms with van der Waals surface area (Å²) in [4.78, 5) is 48.9. The topological polar surface area (TPSA) is 116 Å². The van der Waals surface area contributed by atoms with Crippen molar-refractivity contribution in [2.45, 2.75) is 0 Å². The summed E-state index contributed by atoms with van der Waals surface area (Å²) in [6.45, 7) is -0.500. The Morgan fingerprint density at radius 3 is 2.50 bits per heavy atom. The van der Waals surface area contributed by atoms with Gasteiger partial charge in [0.15, 0.2) is 0 Å². The van der Waals surface area contributed by atoms with Crippen LogP contribution in [0.25, 0.3) is 6.08 Å². The molecule has 3 amide bonds. The fourth-order valence-electron chi connectivity index (χ4n) is 2.54. The molecule has 1 aliphatic rings. The molecule has 0 unspecified atom stereocenters. The molecule has 0 aliphatic carbocycles. The van der Waals surface area contributed by atoms with Crippen LogP contribution in [0.2, 0.25) is 0 Å². The predicted octanol–water partition coefficient (Wildman–Crippen LogP) is 3.20. The number of imide groups is 1. The van der Waals surface area contributed by atoms with Crippen molar-refractivity contribution in [3.8, 4) is 11.5 Å². The lowest BCUT2D eigenvalue weighted by molar-refractivity contribution is -0.127. The Labute approximate surface area is 184 Å². The number of halogens is 1. The van der Waals surface area contributed by atoms with E-state index in [1.54, 1.807) is 42.5 Å². The van der Waals surface area contributed by atoms with Gasteiger partial charge in [0.05, 0.1) is 17.6 Å². The summed E-state index contributed by atoms with van der Waals surface area (Å²) in [5.74, 6) is -1.24. The van der Waals surface area contributed by atoms with Crippen LogP contribution in [-0.4, -0.2) is 41.6 Å². The molecule has 3 rings (SSSR count). The van der Waals surface area contributed by atoms with Gasteiger partial charge in [-0.1, -0.05) is 15.9 Å². The lowest BCUT2D eigenvalue weighted by Gasteiger charge is -2.10. The first-order valence-electron chi connectivity index (χ1n) is 8.48. The van der Waals surface area contributed by atoms with Gasteiger partial charge in [-0.25, -0.2) is 4.79 Å². The maximum absolute atomic E-state index is 12.5. The molecule has 0 spiro atoms. The number of primary amides is 1. The van der Waals surface area contributed by atoms with Gasteiger partial charge in [0, 0.05) is 10.0 Å². The predicted molar refractivity (Wildman–Crippen MR) is 114 cm³/mol. The van der Waals surface area contributed by atoms with Crippen molar-refractivity contribution in [1.82, 2.24) is 4.90 Å². The number of carbonyl (C=O) groups excluding carboxylic acids is 4. The van der Waals surface area contributed by atoms with Crippen LogP contribution in [0, 0.1) is 0 Å². The van der Waals surface area contributed by atoms with E-state index in [0.29, 0.717) is 33.1 Å². The van der Waals surface area contributed by atoms with Crippen LogP contribution in [-0.2, 0) is 9.59 Å². The van der Waals surface area contributed by atoms with Gasteiger partial charge < -0.3 is 15.2 Å². The van der Waals surface area contributed by atoms with Gasteiger partial charge in [-0.05, 0) is 60.3 Å². The number of carbonyl (C=O) groups is 4. The number of hydrogen-bond donors (Lipinski definition) is 1. The number of methoxy groups -OCH3 is 1. The number of hydrogen-bond acceptors (Lipinski definition) is 7. The zero-order valence-corrected chi connectivity index (χ0v) is 18.0. The molecule has 2 aromatic rings. The Kier molecular flexibility index (Phi) is 6.58. The van der Waals surface area contributed by atoms with Gasteiger partial charge in [0.2, 0.25) is 5.91 Å². The van der Waals surface area contributed by atoms with Crippen molar-refractivity contribution in [1.29, 1.82) is 0 Å². The first-order valence-corrected chi connectivity index (χ1v) is 10.1. The molecule has 10 heteroatoms. The fraction of sp³-hybridized carbons (Fsp3) is 0.100. The van der Waals surface area contributed by atoms with Crippen molar-refractivity contribution in [3.63, 3.8) is 0 Å². The quantitative estimate of drug-likeness (QED) is 0.375. The van der Waals surface area contributed by atoms with Crippen molar-refractivity contribution in [2.24, 2.45) is 5.73 Å². The second kappa shape index (κ2) is 9.14. The van der Waals surface area contributed by atoms with E-state index in [2.05, 4.69) is 15.9 Å². The summed E-state index contributed by atoms with van der Waals surface area (Å²) >= 11 is 4.00. The SMILES string of the molecule is COc1ccc(C(=O)Oc2ccc(Br)cc2/C=C2\SC(=O)N(CC(N)=O)C2=O)cc1. The van der Waals surface area contributed by atoms with E-state index in [9.17, 15) is 19.2 Å². The first kappa shape index (κ1) is 21.6. The number of amides is 3. The third-order valence-corrected chi connectivity index (χ3v) is 5.37. The van der Waals surface area contributed by atoms with E-state index < -0.39 is 29.6 Å². The van der Waals surface area contributed by atoms with Crippen molar-refractivity contribution >= 4 is 56.8 Å². The number of thioether (sulfide) groups is 1.